The van der Waals surface area contributed by atoms with Crippen molar-refractivity contribution in [2.24, 2.45) is 5.41 Å². The first kappa shape index (κ1) is 17.9. The van der Waals surface area contributed by atoms with Gasteiger partial charge >= 0.3 is 0 Å². The molecule has 3 rings (SSSR count). The summed E-state index contributed by atoms with van der Waals surface area (Å²) in [5.41, 5.74) is 4.74. The van der Waals surface area contributed by atoms with Crippen LogP contribution in [-0.4, -0.2) is 24.1 Å². The van der Waals surface area contributed by atoms with Gasteiger partial charge in [-0.15, -0.1) is 0 Å². The summed E-state index contributed by atoms with van der Waals surface area (Å²) in [4.78, 5) is 12.9. The molecule has 0 bridgehead atoms. The summed E-state index contributed by atoms with van der Waals surface area (Å²) in [6, 6.07) is 5.99. The topological polar surface area (TPSA) is 46.5 Å². The summed E-state index contributed by atoms with van der Waals surface area (Å²) in [5.74, 6) is 0.974. The molecule has 0 amide bonds. The summed E-state index contributed by atoms with van der Waals surface area (Å²) in [7, 11) is 1.67. The van der Waals surface area contributed by atoms with Crippen molar-refractivity contribution in [1.29, 1.82) is 0 Å². The van der Waals surface area contributed by atoms with E-state index in [1.165, 1.54) is 11.1 Å². The second-order valence-electron chi connectivity index (χ2n) is 7.52. The minimum atomic E-state index is -0.371. The Labute approximate surface area is 150 Å². The molecule has 2 aliphatic carbocycles. The minimum Gasteiger partial charge on any atom is -0.497 e. The Morgan fingerprint density at radius 3 is 2.84 bits per heavy atom. The number of rotatable bonds is 3. The molecule has 0 aromatic heterocycles. The lowest BCUT2D eigenvalue weighted by Crippen LogP contribution is -2.42. The highest BCUT2D eigenvalue weighted by Gasteiger charge is 2.45. The maximum atomic E-state index is 12.9. The standard InChI is InChI=1S/C22H28O3/c1-5-15-12-18(25-4)10-9-16(15)11-17-13-22(3)19(14(2)21(17)24)7-6-8-20(22)23/h9-12,20,23H,5-8,13H2,1-4H3/t20-,22-/m0/s1. The maximum Gasteiger partial charge on any atom is 0.184 e. The Hall–Kier alpha value is -1.87. The summed E-state index contributed by atoms with van der Waals surface area (Å²) in [6.45, 7) is 6.15. The molecule has 0 aliphatic heterocycles. The van der Waals surface area contributed by atoms with Crippen molar-refractivity contribution in [2.45, 2.75) is 59.0 Å². The number of aliphatic hydroxyl groups excluding tert-OH is 1. The molecule has 3 heteroatoms. The Bertz CT molecular complexity index is 757. The van der Waals surface area contributed by atoms with Crippen LogP contribution in [-0.2, 0) is 11.2 Å². The molecule has 1 saturated carbocycles. The Kier molecular flexibility index (Phi) is 4.88. The van der Waals surface area contributed by atoms with Crippen LogP contribution in [0.2, 0.25) is 0 Å². The van der Waals surface area contributed by atoms with Gasteiger partial charge in [0.1, 0.15) is 5.75 Å². The lowest BCUT2D eigenvalue weighted by molar-refractivity contribution is -0.113. The maximum absolute atomic E-state index is 12.9. The van der Waals surface area contributed by atoms with E-state index in [-0.39, 0.29) is 17.3 Å². The highest BCUT2D eigenvalue weighted by atomic mass is 16.5. The number of carbonyl (C=O) groups is 1. The number of Topliss-reactive ketones (excluding diaryl/α,β-unsaturated/α-hetero) is 1. The third-order valence-corrected chi connectivity index (χ3v) is 6.03. The van der Waals surface area contributed by atoms with Crippen molar-refractivity contribution >= 4 is 11.9 Å². The van der Waals surface area contributed by atoms with Crippen LogP contribution in [0.15, 0.2) is 34.9 Å². The highest BCUT2D eigenvalue weighted by molar-refractivity contribution is 6.12. The van der Waals surface area contributed by atoms with Crippen LogP contribution in [0.25, 0.3) is 6.08 Å². The monoisotopic (exact) mass is 340 g/mol. The molecule has 0 unspecified atom stereocenters. The molecule has 0 saturated heterocycles. The van der Waals surface area contributed by atoms with E-state index in [0.29, 0.717) is 6.42 Å². The predicted octanol–water partition coefficient (Wildman–Crippen LogP) is 4.48. The normalized spacial score (nSPS) is 28.3. The van der Waals surface area contributed by atoms with Gasteiger partial charge in [-0.2, -0.15) is 0 Å². The number of hydrogen-bond donors (Lipinski definition) is 1. The lowest BCUT2D eigenvalue weighted by atomic mass is 9.61. The third-order valence-electron chi connectivity index (χ3n) is 6.03. The average Bonchev–Trinajstić information content (AvgIpc) is 2.61. The molecule has 0 heterocycles. The lowest BCUT2D eigenvalue weighted by Gasteiger charge is -2.45. The van der Waals surface area contributed by atoms with Gasteiger partial charge in [-0.3, -0.25) is 4.79 Å². The van der Waals surface area contributed by atoms with E-state index in [9.17, 15) is 9.90 Å². The fraction of sp³-hybridized carbons (Fsp3) is 0.500. The molecular formula is C22H28O3. The molecule has 2 atom stereocenters. The van der Waals surface area contributed by atoms with Crippen LogP contribution in [0.4, 0.5) is 0 Å². The Morgan fingerprint density at radius 1 is 1.40 bits per heavy atom. The van der Waals surface area contributed by atoms with Gasteiger partial charge in [-0.25, -0.2) is 0 Å². The highest BCUT2D eigenvalue weighted by Crippen LogP contribution is 2.50. The third kappa shape index (κ3) is 3.06. The first-order valence-corrected chi connectivity index (χ1v) is 9.21. The van der Waals surface area contributed by atoms with E-state index in [0.717, 1.165) is 48.1 Å². The zero-order chi connectivity index (χ0) is 18.2. The zero-order valence-corrected chi connectivity index (χ0v) is 15.7. The van der Waals surface area contributed by atoms with E-state index in [1.807, 2.05) is 31.2 Å². The van der Waals surface area contributed by atoms with Gasteiger partial charge in [0.05, 0.1) is 13.2 Å². The number of allylic oxidation sites excluding steroid dienone is 2. The first-order chi connectivity index (χ1) is 11.9. The Morgan fingerprint density at radius 2 is 2.16 bits per heavy atom. The first-order valence-electron chi connectivity index (χ1n) is 9.21. The fourth-order valence-corrected chi connectivity index (χ4v) is 4.43. The van der Waals surface area contributed by atoms with Crippen LogP contribution in [0.5, 0.6) is 5.75 Å². The van der Waals surface area contributed by atoms with Gasteiger partial charge in [0.15, 0.2) is 5.78 Å². The number of methoxy groups -OCH3 is 1. The summed E-state index contributed by atoms with van der Waals surface area (Å²) in [5, 5.41) is 10.6. The summed E-state index contributed by atoms with van der Waals surface area (Å²) < 4.78 is 5.31. The molecule has 1 N–H and O–H groups in total. The van der Waals surface area contributed by atoms with E-state index in [2.05, 4.69) is 13.8 Å². The van der Waals surface area contributed by atoms with Crippen molar-refractivity contribution in [2.75, 3.05) is 7.11 Å². The number of carbonyl (C=O) groups excluding carboxylic acids is 1. The molecule has 0 radical (unpaired) electrons. The smallest absolute Gasteiger partial charge is 0.184 e. The van der Waals surface area contributed by atoms with E-state index >= 15 is 0 Å². The number of fused-ring (bicyclic) bond motifs is 1. The van der Waals surface area contributed by atoms with Crippen LogP contribution < -0.4 is 4.74 Å². The molecular weight excluding hydrogens is 312 g/mol. The second kappa shape index (κ2) is 6.80. The zero-order valence-electron chi connectivity index (χ0n) is 15.7. The second-order valence-corrected chi connectivity index (χ2v) is 7.52. The number of ketones is 1. The van der Waals surface area contributed by atoms with Crippen molar-refractivity contribution in [3.8, 4) is 5.75 Å². The molecule has 3 nitrogen and oxygen atoms in total. The minimum absolute atomic E-state index is 0.138. The number of ether oxygens (including phenoxy) is 1. The van der Waals surface area contributed by atoms with Crippen molar-refractivity contribution in [1.82, 2.24) is 0 Å². The van der Waals surface area contributed by atoms with Crippen molar-refractivity contribution in [3.05, 3.63) is 46.0 Å². The van der Waals surface area contributed by atoms with Crippen LogP contribution in [0, 0.1) is 5.41 Å². The van der Waals surface area contributed by atoms with Crippen LogP contribution in [0.3, 0.4) is 0 Å². The summed E-state index contributed by atoms with van der Waals surface area (Å²) in [6.07, 6.45) is 5.86. The van der Waals surface area contributed by atoms with E-state index < -0.39 is 0 Å². The number of aryl methyl sites for hydroxylation is 1. The number of benzene rings is 1. The van der Waals surface area contributed by atoms with Crippen molar-refractivity contribution in [3.63, 3.8) is 0 Å². The largest absolute Gasteiger partial charge is 0.497 e. The molecule has 1 aromatic rings. The van der Waals surface area contributed by atoms with Crippen LogP contribution in [0.1, 0.15) is 57.6 Å². The number of aliphatic hydroxyl groups is 1. The molecule has 1 aromatic carbocycles. The average molecular weight is 340 g/mol. The van der Waals surface area contributed by atoms with Crippen molar-refractivity contribution < 1.29 is 14.6 Å². The molecule has 1 fully saturated rings. The molecule has 2 aliphatic rings. The van der Waals surface area contributed by atoms with E-state index in [4.69, 9.17) is 4.74 Å². The van der Waals surface area contributed by atoms with Gasteiger partial charge < -0.3 is 9.84 Å². The molecule has 25 heavy (non-hydrogen) atoms. The van der Waals surface area contributed by atoms with Gasteiger partial charge in [0.2, 0.25) is 0 Å². The quantitative estimate of drug-likeness (QED) is 0.825. The Balaban J connectivity index is 2.05. The van der Waals surface area contributed by atoms with Gasteiger partial charge in [0, 0.05) is 11.0 Å². The SMILES string of the molecule is CCc1cc(OC)ccc1C=C1C[C@@]2(C)C(=C(C)C1=O)CCC[C@@H]2O. The van der Waals surface area contributed by atoms with Gasteiger partial charge in [-0.05, 0) is 73.9 Å². The van der Waals surface area contributed by atoms with Gasteiger partial charge in [0.25, 0.3) is 0 Å². The van der Waals surface area contributed by atoms with Gasteiger partial charge in [-0.1, -0.05) is 25.5 Å². The predicted molar refractivity (Wildman–Crippen MR) is 101 cm³/mol. The number of hydrogen-bond acceptors (Lipinski definition) is 3. The molecule has 0 spiro atoms. The summed E-state index contributed by atoms with van der Waals surface area (Å²) >= 11 is 0. The van der Waals surface area contributed by atoms with E-state index in [1.54, 1.807) is 7.11 Å². The molecule has 134 valence electrons. The van der Waals surface area contributed by atoms with Crippen LogP contribution >= 0.6 is 0 Å². The fourth-order valence-electron chi connectivity index (χ4n) is 4.43.